The first-order valence-corrected chi connectivity index (χ1v) is 13.5. The van der Waals surface area contributed by atoms with E-state index in [0.29, 0.717) is 13.0 Å². The molecule has 0 heterocycles. The lowest BCUT2D eigenvalue weighted by atomic mass is 9.46. The molecule has 0 spiro atoms. The van der Waals surface area contributed by atoms with Crippen LogP contribution in [0.3, 0.4) is 0 Å². The Bertz CT molecular complexity index is 989. The van der Waals surface area contributed by atoms with E-state index in [0.717, 1.165) is 25.0 Å². The van der Waals surface area contributed by atoms with Crippen LogP contribution in [-0.2, 0) is 19.2 Å². The van der Waals surface area contributed by atoms with Crippen LogP contribution < -0.4 is 0 Å². The number of carbonyl (C=O) groups is 1. The number of nitrogens with zero attached hydrogens (tertiary/aromatic N) is 2. The van der Waals surface area contributed by atoms with Crippen LogP contribution >= 0.6 is 0 Å². The summed E-state index contributed by atoms with van der Waals surface area (Å²) in [5.41, 5.74) is -0.643. The smallest absolute Gasteiger partial charge is 0.359 e. The Kier molecular flexibility index (Phi) is 7.41. The fraction of sp³-hybridized carbons (Fsp3) is 0.750. The Balaban J connectivity index is 1.72. The quantitative estimate of drug-likeness (QED) is 0.309. The minimum absolute atomic E-state index is 0.00453. The second-order valence-corrected chi connectivity index (χ2v) is 11.2. The highest BCUT2D eigenvalue weighted by Gasteiger charge is 2.71. The minimum atomic E-state index is -1.57. The summed E-state index contributed by atoms with van der Waals surface area (Å²) in [6.45, 7) is 12.6. The molecular weight excluding hydrogens is 460 g/mol. The zero-order valence-electron chi connectivity index (χ0n) is 22.5. The van der Waals surface area contributed by atoms with Gasteiger partial charge in [-0.25, -0.2) is 4.79 Å². The second kappa shape index (κ2) is 9.93. The van der Waals surface area contributed by atoms with E-state index in [9.17, 15) is 15.0 Å². The molecule has 0 amide bonds. The molecule has 0 aliphatic heterocycles. The van der Waals surface area contributed by atoms with E-state index in [2.05, 4.69) is 29.4 Å². The van der Waals surface area contributed by atoms with Crippen molar-refractivity contribution in [2.45, 2.75) is 78.9 Å². The molecular formula is C28H42N2O6. The SMILES string of the molecule is CCON=C1C=C[C@@]2(C)C(=C1)CC[C@@H]1[C@@H]2[C@@H](O)C[C@@]2(C)[C@H]1C[C@@H](C)[C@]2(O)/C(=N\OCC)C(=O)OCC. The maximum absolute atomic E-state index is 13.0. The van der Waals surface area contributed by atoms with E-state index in [1.165, 1.54) is 5.57 Å². The lowest BCUT2D eigenvalue weighted by molar-refractivity contribution is -0.153. The van der Waals surface area contributed by atoms with Crippen LogP contribution in [0.2, 0.25) is 0 Å². The molecule has 36 heavy (non-hydrogen) atoms. The molecule has 8 nitrogen and oxygen atoms in total. The first kappa shape index (κ1) is 26.9. The number of aliphatic hydroxyl groups is 2. The summed E-state index contributed by atoms with van der Waals surface area (Å²) < 4.78 is 5.30. The van der Waals surface area contributed by atoms with Gasteiger partial charge >= 0.3 is 5.97 Å². The van der Waals surface area contributed by atoms with E-state index >= 15 is 0 Å². The molecule has 8 heteroatoms. The normalized spacial score (nSPS) is 42.8. The molecule has 4 rings (SSSR count). The lowest BCUT2D eigenvalue weighted by Gasteiger charge is -2.59. The van der Waals surface area contributed by atoms with Gasteiger partial charge in [0.05, 0.1) is 12.7 Å². The standard InChI is InChI=1S/C28H42N2O6/c1-7-34-25(32)24(30-36-9-3)28(33)17(4)14-21-20-11-10-18-15-19(29-35-8-2)12-13-26(18,5)23(20)22(31)16-27(21,28)6/h12-13,15,17,20-23,31,33H,7-11,14,16H2,1-6H3/b29-19?,30-24-/t17-,20+,21+,22+,23-,26+,27+,28+/m1/s1. The molecule has 0 bridgehead atoms. The number of aliphatic hydroxyl groups excluding tert-OH is 1. The van der Waals surface area contributed by atoms with Crippen LogP contribution in [-0.4, -0.2) is 59.1 Å². The Hall–Kier alpha value is -2.19. The first-order chi connectivity index (χ1) is 17.1. The molecule has 3 saturated carbocycles. The van der Waals surface area contributed by atoms with Gasteiger partial charge in [-0.05, 0) is 76.4 Å². The Labute approximate surface area is 214 Å². The van der Waals surface area contributed by atoms with Gasteiger partial charge < -0.3 is 24.6 Å². The minimum Gasteiger partial charge on any atom is -0.461 e. The number of carbonyl (C=O) groups excluding carboxylic acids is 1. The van der Waals surface area contributed by atoms with Crippen LogP contribution in [0.25, 0.3) is 0 Å². The number of ether oxygens (including phenoxy) is 1. The van der Waals surface area contributed by atoms with Gasteiger partial charge in [-0.15, -0.1) is 0 Å². The van der Waals surface area contributed by atoms with Crippen molar-refractivity contribution in [3.63, 3.8) is 0 Å². The van der Waals surface area contributed by atoms with Gasteiger partial charge in [0.1, 0.15) is 24.5 Å². The molecule has 3 fully saturated rings. The maximum Gasteiger partial charge on any atom is 0.359 e. The molecule has 8 atom stereocenters. The summed E-state index contributed by atoms with van der Waals surface area (Å²) in [6, 6.07) is 0. The number of oxime groups is 2. The van der Waals surface area contributed by atoms with Gasteiger partial charge in [-0.1, -0.05) is 42.7 Å². The van der Waals surface area contributed by atoms with E-state index in [4.69, 9.17) is 14.4 Å². The molecule has 0 radical (unpaired) electrons. The van der Waals surface area contributed by atoms with Crippen LogP contribution in [0.5, 0.6) is 0 Å². The number of hydrogen-bond donors (Lipinski definition) is 2. The molecule has 2 N–H and O–H groups in total. The van der Waals surface area contributed by atoms with Crippen LogP contribution in [0.15, 0.2) is 34.1 Å². The Morgan fingerprint density at radius 2 is 1.89 bits per heavy atom. The summed E-state index contributed by atoms with van der Waals surface area (Å²) in [4.78, 5) is 23.6. The van der Waals surface area contributed by atoms with Crippen molar-refractivity contribution in [2.24, 2.45) is 44.8 Å². The average molecular weight is 503 g/mol. The van der Waals surface area contributed by atoms with Gasteiger partial charge in [0.2, 0.25) is 0 Å². The molecule has 0 unspecified atom stereocenters. The molecule has 4 aliphatic rings. The molecule has 0 aromatic heterocycles. The predicted octanol–water partition coefficient (Wildman–Crippen LogP) is 4.02. The highest BCUT2D eigenvalue weighted by molar-refractivity contribution is 6.40. The third-order valence-electron chi connectivity index (χ3n) is 9.50. The molecule has 200 valence electrons. The second-order valence-electron chi connectivity index (χ2n) is 11.2. The molecule has 0 aromatic carbocycles. The summed E-state index contributed by atoms with van der Waals surface area (Å²) >= 11 is 0. The fourth-order valence-corrected chi connectivity index (χ4v) is 7.96. The molecule has 0 aromatic rings. The van der Waals surface area contributed by atoms with Crippen LogP contribution in [0, 0.1) is 34.5 Å². The summed E-state index contributed by atoms with van der Waals surface area (Å²) in [5, 5.41) is 32.4. The maximum atomic E-state index is 13.0. The number of fused-ring (bicyclic) bond motifs is 5. The van der Waals surface area contributed by atoms with Crippen molar-refractivity contribution in [3.05, 3.63) is 23.8 Å². The van der Waals surface area contributed by atoms with Gasteiger partial charge in [0.25, 0.3) is 0 Å². The van der Waals surface area contributed by atoms with E-state index in [-0.39, 0.29) is 48.0 Å². The Morgan fingerprint density at radius 1 is 1.17 bits per heavy atom. The fourth-order valence-electron chi connectivity index (χ4n) is 7.96. The van der Waals surface area contributed by atoms with Crippen molar-refractivity contribution in [1.29, 1.82) is 0 Å². The molecule has 0 saturated heterocycles. The zero-order valence-corrected chi connectivity index (χ0v) is 22.5. The predicted molar refractivity (Wildman–Crippen MR) is 137 cm³/mol. The summed E-state index contributed by atoms with van der Waals surface area (Å²) in [6.07, 6.45) is 8.50. The third kappa shape index (κ3) is 3.92. The molecule has 4 aliphatic carbocycles. The van der Waals surface area contributed by atoms with Gasteiger partial charge in [-0.3, -0.25) is 0 Å². The van der Waals surface area contributed by atoms with Crippen LogP contribution in [0.4, 0.5) is 0 Å². The van der Waals surface area contributed by atoms with Gasteiger partial charge in [0, 0.05) is 16.7 Å². The number of hydrogen-bond acceptors (Lipinski definition) is 8. The van der Waals surface area contributed by atoms with Gasteiger partial charge in [-0.2, -0.15) is 0 Å². The van der Waals surface area contributed by atoms with Crippen molar-refractivity contribution >= 4 is 17.4 Å². The number of allylic oxidation sites excluding steroid dienone is 4. The highest BCUT2D eigenvalue weighted by Crippen LogP contribution is 2.68. The van der Waals surface area contributed by atoms with Crippen molar-refractivity contribution in [1.82, 2.24) is 0 Å². The van der Waals surface area contributed by atoms with Crippen molar-refractivity contribution in [3.8, 4) is 0 Å². The zero-order chi connectivity index (χ0) is 26.3. The monoisotopic (exact) mass is 502 g/mol. The summed E-state index contributed by atoms with van der Waals surface area (Å²) in [5.74, 6) is -0.611. The first-order valence-electron chi connectivity index (χ1n) is 13.5. The van der Waals surface area contributed by atoms with E-state index in [1.807, 2.05) is 26.8 Å². The Morgan fingerprint density at radius 3 is 2.56 bits per heavy atom. The van der Waals surface area contributed by atoms with Gasteiger partial charge in [0.15, 0.2) is 5.71 Å². The topological polar surface area (TPSA) is 110 Å². The highest BCUT2D eigenvalue weighted by atomic mass is 16.6. The van der Waals surface area contributed by atoms with E-state index in [1.54, 1.807) is 13.8 Å². The van der Waals surface area contributed by atoms with Crippen molar-refractivity contribution in [2.75, 3.05) is 19.8 Å². The third-order valence-corrected chi connectivity index (χ3v) is 9.50. The van der Waals surface area contributed by atoms with Crippen LogP contribution in [0.1, 0.15) is 67.2 Å². The summed E-state index contributed by atoms with van der Waals surface area (Å²) in [7, 11) is 0. The van der Waals surface area contributed by atoms with E-state index < -0.39 is 23.1 Å². The van der Waals surface area contributed by atoms with Crippen molar-refractivity contribution < 1.29 is 29.4 Å². The number of rotatable bonds is 7. The lowest BCUT2D eigenvalue weighted by Crippen LogP contribution is -2.63. The average Bonchev–Trinajstić information content (AvgIpc) is 3.03. The number of esters is 1. The largest absolute Gasteiger partial charge is 0.461 e.